The van der Waals surface area contributed by atoms with Gasteiger partial charge in [-0.1, -0.05) is 0 Å². The van der Waals surface area contributed by atoms with E-state index in [9.17, 15) is 14.0 Å². The van der Waals surface area contributed by atoms with Crippen molar-refractivity contribution in [3.63, 3.8) is 0 Å². The van der Waals surface area contributed by atoms with Crippen LogP contribution in [0.2, 0.25) is 0 Å². The number of ether oxygens (including phenoxy) is 1. The Kier molecular flexibility index (Phi) is 2.94. The van der Waals surface area contributed by atoms with Crippen molar-refractivity contribution in [3.05, 3.63) is 24.0 Å². The summed E-state index contributed by atoms with van der Waals surface area (Å²) in [5.74, 6) is -1.02. The second-order valence-electron chi connectivity index (χ2n) is 4.64. The zero-order chi connectivity index (χ0) is 13.4. The molecule has 1 unspecified atom stereocenters. The average Bonchev–Trinajstić information content (AvgIpc) is 2.90. The number of nitrogens with zero attached hydrogens (tertiary/aromatic N) is 1. The van der Waals surface area contributed by atoms with E-state index in [0.717, 1.165) is 6.42 Å². The van der Waals surface area contributed by atoms with Gasteiger partial charge >= 0.3 is 0 Å². The number of carbonyl (C=O) groups excluding carboxylic acids is 2. The lowest BCUT2D eigenvalue weighted by Gasteiger charge is -2.30. The molecule has 1 aromatic rings. The third-order valence-corrected chi connectivity index (χ3v) is 3.30. The van der Waals surface area contributed by atoms with Crippen LogP contribution in [0, 0.1) is 5.82 Å². The molecular formula is C13H13FN2O3. The molecule has 0 aromatic heterocycles. The Hall–Kier alpha value is -1.95. The number of halogens is 1. The van der Waals surface area contributed by atoms with E-state index >= 15 is 0 Å². The molecule has 6 heteroatoms. The minimum atomic E-state index is -0.496. The summed E-state index contributed by atoms with van der Waals surface area (Å²) in [6, 6.07) is 3.98. The first kappa shape index (κ1) is 12.1. The molecule has 0 bridgehead atoms. The Balaban J connectivity index is 1.94. The topological polar surface area (TPSA) is 58.6 Å². The van der Waals surface area contributed by atoms with Gasteiger partial charge in [-0.05, 0) is 31.0 Å². The van der Waals surface area contributed by atoms with Crippen molar-refractivity contribution in [2.45, 2.75) is 18.9 Å². The number of carbonyl (C=O) groups is 2. The summed E-state index contributed by atoms with van der Waals surface area (Å²) in [4.78, 5) is 25.3. The number of benzene rings is 1. The van der Waals surface area contributed by atoms with Crippen LogP contribution in [0.15, 0.2) is 18.2 Å². The van der Waals surface area contributed by atoms with Gasteiger partial charge < -0.3 is 10.1 Å². The highest BCUT2D eigenvalue weighted by molar-refractivity contribution is 6.11. The Labute approximate surface area is 109 Å². The van der Waals surface area contributed by atoms with Crippen molar-refractivity contribution in [2.24, 2.45) is 0 Å². The van der Waals surface area contributed by atoms with Gasteiger partial charge in [-0.2, -0.15) is 0 Å². The lowest BCUT2D eigenvalue weighted by atomic mass is 10.1. The highest BCUT2D eigenvalue weighted by atomic mass is 19.1. The number of rotatable bonds is 1. The highest BCUT2D eigenvalue weighted by Gasteiger charge is 2.33. The maximum Gasteiger partial charge on any atom is 0.256 e. The number of amides is 2. The summed E-state index contributed by atoms with van der Waals surface area (Å²) in [7, 11) is 0. The van der Waals surface area contributed by atoms with Gasteiger partial charge in [-0.25, -0.2) is 4.39 Å². The van der Waals surface area contributed by atoms with Gasteiger partial charge in [0.25, 0.3) is 5.91 Å². The molecule has 3 rings (SSSR count). The predicted molar refractivity (Wildman–Crippen MR) is 66.4 cm³/mol. The molecule has 0 spiro atoms. The van der Waals surface area contributed by atoms with E-state index in [1.165, 1.54) is 23.1 Å². The van der Waals surface area contributed by atoms with E-state index < -0.39 is 11.9 Å². The van der Waals surface area contributed by atoms with E-state index in [1.54, 1.807) is 0 Å². The lowest BCUT2D eigenvalue weighted by molar-refractivity contribution is -0.128. The van der Waals surface area contributed by atoms with Gasteiger partial charge in [0, 0.05) is 6.61 Å². The fourth-order valence-electron chi connectivity index (χ4n) is 2.41. The number of fused-ring (bicyclic) bond motifs is 1. The second kappa shape index (κ2) is 4.62. The van der Waals surface area contributed by atoms with Crippen molar-refractivity contribution >= 4 is 23.2 Å². The summed E-state index contributed by atoms with van der Waals surface area (Å²) in [5.41, 5.74) is 0.837. The molecule has 2 amide bonds. The van der Waals surface area contributed by atoms with Crippen LogP contribution in [0.4, 0.5) is 15.8 Å². The van der Waals surface area contributed by atoms with Crippen LogP contribution in [0.25, 0.3) is 0 Å². The summed E-state index contributed by atoms with van der Waals surface area (Å²) in [6.45, 7) is 0.504. The number of anilines is 2. The zero-order valence-corrected chi connectivity index (χ0v) is 10.2. The molecule has 0 aliphatic carbocycles. The third kappa shape index (κ3) is 2.19. The van der Waals surface area contributed by atoms with Crippen molar-refractivity contribution in [2.75, 3.05) is 23.4 Å². The van der Waals surface area contributed by atoms with Gasteiger partial charge in [0.15, 0.2) is 0 Å². The quantitative estimate of drug-likeness (QED) is 0.831. The number of hydrogen-bond donors (Lipinski definition) is 1. The van der Waals surface area contributed by atoms with Crippen molar-refractivity contribution in [3.8, 4) is 0 Å². The van der Waals surface area contributed by atoms with Gasteiger partial charge in [0.2, 0.25) is 5.91 Å². The Morgan fingerprint density at radius 1 is 1.47 bits per heavy atom. The highest BCUT2D eigenvalue weighted by Crippen LogP contribution is 2.31. The van der Waals surface area contributed by atoms with Crippen LogP contribution in [-0.4, -0.2) is 31.1 Å². The standard InChI is InChI=1S/C13H13FN2O3/c14-8-3-4-10-9(6-8)15-12(17)7-16(10)13(18)11-2-1-5-19-11/h3-4,6,11H,1-2,5,7H2,(H,15,17). The second-order valence-corrected chi connectivity index (χ2v) is 4.64. The van der Waals surface area contributed by atoms with Crippen molar-refractivity contribution in [1.82, 2.24) is 0 Å². The minimum absolute atomic E-state index is 0.0582. The van der Waals surface area contributed by atoms with E-state index in [1.807, 2.05) is 0 Å². The summed E-state index contributed by atoms with van der Waals surface area (Å²) in [6.07, 6.45) is 1.00. The van der Waals surface area contributed by atoms with Crippen molar-refractivity contribution in [1.29, 1.82) is 0 Å². The molecule has 2 aliphatic rings. The van der Waals surface area contributed by atoms with Crippen LogP contribution in [0.5, 0.6) is 0 Å². The van der Waals surface area contributed by atoms with Crippen molar-refractivity contribution < 1.29 is 18.7 Å². The fourth-order valence-corrected chi connectivity index (χ4v) is 2.41. The Bertz CT molecular complexity index is 541. The molecule has 1 atom stereocenters. The maximum atomic E-state index is 13.2. The molecular weight excluding hydrogens is 251 g/mol. The van der Waals surface area contributed by atoms with E-state index in [2.05, 4.69) is 5.32 Å². The van der Waals surface area contributed by atoms with E-state index in [4.69, 9.17) is 4.74 Å². The van der Waals surface area contributed by atoms with Crippen LogP contribution >= 0.6 is 0 Å². The monoisotopic (exact) mass is 264 g/mol. The van der Waals surface area contributed by atoms with Gasteiger partial charge in [0.05, 0.1) is 11.4 Å². The molecule has 1 aromatic carbocycles. The van der Waals surface area contributed by atoms with Crippen LogP contribution in [0.3, 0.4) is 0 Å². The summed E-state index contributed by atoms with van der Waals surface area (Å²) in [5, 5.41) is 2.56. The van der Waals surface area contributed by atoms with E-state index in [-0.39, 0.29) is 18.4 Å². The molecule has 1 fully saturated rings. The SMILES string of the molecule is O=C1CN(C(=O)C2CCCO2)c2ccc(F)cc2N1. The van der Waals surface area contributed by atoms with E-state index in [0.29, 0.717) is 24.4 Å². The fraction of sp³-hybridized carbons (Fsp3) is 0.385. The van der Waals surface area contributed by atoms with Gasteiger partial charge in [-0.3, -0.25) is 14.5 Å². The van der Waals surface area contributed by atoms with Gasteiger partial charge in [-0.15, -0.1) is 0 Å². The average molecular weight is 264 g/mol. The van der Waals surface area contributed by atoms with Gasteiger partial charge in [0.1, 0.15) is 18.5 Å². The van der Waals surface area contributed by atoms with Crippen LogP contribution in [0.1, 0.15) is 12.8 Å². The molecule has 5 nitrogen and oxygen atoms in total. The molecule has 100 valence electrons. The molecule has 1 saturated heterocycles. The van der Waals surface area contributed by atoms with Crippen LogP contribution in [-0.2, 0) is 14.3 Å². The normalized spacial score (nSPS) is 22.1. The third-order valence-electron chi connectivity index (χ3n) is 3.30. The molecule has 2 aliphatic heterocycles. The Morgan fingerprint density at radius 3 is 3.05 bits per heavy atom. The summed E-state index contributed by atoms with van der Waals surface area (Å²) >= 11 is 0. The summed E-state index contributed by atoms with van der Waals surface area (Å²) < 4.78 is 18.5. The smallest absolute Gasteiger partial charge is 0.256 e. The molecule has 19 heavy (non-hydrogen) atoms. The largest absolute Gasteiger partial charge is 0.368 e. The molecule has 1 N–H and O–H groups in total. The first-order chi connectivity index (χ1) is 9.15. The maximum absolute atomic E-state index is 13.2. The predicted octanol–water partition coefficient (Wildman–Crippen LogP) is 1.29. The lowest BCUT2D eigenvalue weighted by Crippen LogP contribution is -2.46. The molecule has 0 saturated carbocycles. The molecule has 2 heterocycles. The Morgan fingerprint density at radius 2 is 2.32 bits per heavy atom. The first-order valence-corrected chi connectivity index (χ1v) is 6.17. The zero-order valence-electron chi connectivity index (χ0n) is 10.2. The van der Waals surface area contributed by atoms with Crippen LogP contribution < -0.4 is 10.2 Å². The number of nitrogens with one attached hydrogen (secondary N) is 1. The first-order valence-electron chi connectivity index (χ1n) is 6.17. The number of hydrogen-bond acceptors (Lipinski definition) is 3. The molecule has 0 radical (unpaired) electrons. The minimum Gasteiger partial charge on any atom is -0.368 e.